The van der Waals surface area contributed by atoms with Gasteiger partial charge in [-0.2, -0.15) is 0 Å². The van der Waals surface area contributed by atoms with Gasteiger partial charge >= 0.3 is 0 Å². The van der Waals surface area contributed by atoms with Crippen molar-refractivity contribution >= 4 is 5.91 Å². The molecule has 0 radical (unpaired) electrons. The van der Waals surface area contributed by atoms with E-state index in [0.29, 0.717) is 12.6 Å². The average Bonchev–Trinajstić information content (AvgIpc) is 2.85. The number of nitrogens with one attached hydrogen (secondary N) is 2. The molecule has 1 amide bonds. The molecular formula is C14H23N3O2. The van der Waals surface area contributed by atoms with E-state index in [1.165, 1.54) is 0 Å². The fourth-order valence-corrected chi connectivity index (χ4v) is 2.34. The van der Waals surface area contributed by atoms with Gasteiger partial charge in [0.25, 0.3) is 0 Å². The molecule has 1 saturated heterocycles. The molecule has 1 aliphatic heterocycles. The highest BCUT2D eigenvalue weighted by molar-refractivity contribution is 5.81. The first-order valence-corrected chi connectivity index (χ1v) is 6.99. The number of hydrogen-bond donors (Lipinski definition) is 2. The van der Waals surface area contributed by atoms with Gasteiger partial charge in [0.1, 0.15) is 5.76 Å². The van der Waals surface area contributed by atoms with Gasteiger partial charge in [0, 0.05) is 19.1 Å². The lowest BCUT2D eigenvalue weighted by Crippen LogP contribution is -2.62. The molecule has 0 aromatic carbocycles. The van der Waals surface area contributed by atoms with E-state index in [-0.39, 0.29) is 11.9 Å². The Hall–Kier alpha value is -1.33. The lowest BCUT2D eigenvalue weighted by Gasteiger charge is -2.41. The van der Waals surface area contributed by atoms with E-state index in [9.17, 15) is 4.79 Å². The number of hydrogen-bond acceptors (Lipinski definition) is 4. The summed E-state index contributed by atoms with van der Waals surface area (Å²) in [7, 11) is 0. The summed E-state index contributed by atoms with van der Waals surface area (Å²) in [4.78, 5) is 14.5. The van der Waals surface area contributed by atoms with Crippen LogP contribution in [0.3, 0.4) is 0 Å². The predicted octanol–water partition coefficient (Wildman–Crippen LogP) is 0.968. The second kappa shape index (κ2) is 6.73. The molecule has 106 valence electrons. The van der Waals surface area contributed by atoms with E-state index in [1.54, 1.807) is 6.26 Å². The van der Waals surface area contributed by atoms with Gasteiger partial charge in [-0.1, -0.05) is 6.92 Å². The summed E-state index contributed by atoms with van der Waals surface area (Å²) in [5.74, 6) is 0.852. The second-order valence-electron chi connectivity index (χ2n) is 5.02. The van der Waals surface area contributed by atoms with Crippen LogP contribution >= 0.6 is 0 Å². The Labute approximate surface area is 114 Å². The number of furan rings is 1. The van der Waals surface area contributed by atoms with E-state index in [2.05, 4.69) is 22.5 Å². The van der Waals surface area contributed by atoms with Crippen LogP contribution in [0, 0.1) is 0 Å². The van der Waals surface area contributed by atoms with Crippen molar-refractivity contribution in [3.05, 3.63) is 24.2 Å². The van der Waals surface area contributed by atoms with Gasteiger partial charge in [-0.15, -0.1) is 0 Å². The highest BCUT2D eigenvalue weighted by atomic mass is 16.3. The molecule has 1 aromatic heterocycles. The fourth-order valence-electron chi connectivity index (χ4n) is 2.34. The molecule has 1 aliphatic rings. The summed E-state index contributed by atoms with van der Waals surface area (Å²) in [5.41, 5.74) is 0. The first kappa shape index (κ1) is 14.1. The lowest BCUT2D eigenvalue weighted by atomic mass is 10.1. The molecule has 0 aliphatic carbocycles. The number of carbonyl (C=O) groups is 1. The summed E-state index contributed by atoms with van der Waals surface area (Å²) < 4.78 is 5.21. The Morgan fingerprint density at radius 3 is 2.95 bits per heavy atom. The Kier molecular flexibility index (Phi) is 4.99. The summed E-state index contributed by atoms with van der Waals surface area (Å²) in [6.07, 6.45) is 2.68. The standard InChI is InChI=1S/C14H23N3O2/c1-3-6-17(12-8-15-9-12)11(2)14(18)16-10-13-5-4-7-19-13/h4-5,7,11-12,15H,3,6,8-10H2,1-2H3,(H,16,18). The smallest absolute Gasteiger partial charge is 0.237 e. The minimum atomic E-state index is -0.0954. The molecule has 2 rings (SSSR count). The molecule has 1 fully saturated rings. The van der Waals surface area contributed by atoms with Crippen LogP contribution < -0.4 is 10.6 Å². The Balaban J connectivity index is 1.84. The fraction of sp³-hybridized carbons (Fsp3) is 0.643. The number of rotatable bonds is 7. The SMILES string of the molecule is CCCN(C1CNC1)C(C)C(=O)NCc1ccco1. The van der Waals surface area contributed by atoms with Crippen LogP contribution in [0.4, 0.5) is 0 Å². The third-order valence-corrected chi connectivity index (χ3v) is 3.60. The van der Waals surface area contributed by atoms with Crippen LogP contribution in [0.15, 0.2) is 22.8 Å². The quantitative estimate of drug-likeness (QED) is 0.771. The van der Waals surface area contributed by atoms with Crippen molar-refractivity contribution in [2.45, 2.75) is 38.9 Å². The van der Waals surface area contributed by atoms with Crippen molar-refractivity contribution < 1.29 is 9.21 Å². The number of nitrogens with zero attached hydrogens (tertiary/aromatic N) is 1. The minimum Gasteiger partial charge on any atom is -0.467 e. The zero-order valence-electron chi connectivity index (χ0n) is 11.7. The highest BCUT2D eigenvalue weighted by Crippen LogP contribution is 2.11. The maximum absolute atomic E-state index is 12.2. The van der Waals surface area contributed by atoms with Crippen molar-refractivity contribution in [1.82, 2.24) is 15.5 Å². The van der Waals surface area contributed by atoms with Crippen LogP contribution in [0.5, 0.6) is 0 Å². The van der Waals surface area contributed by atoms with Crippen LogP contribution in [0.2, 0.25) is 0 Å². The van der Waals surface area contributed by atoms with Crippen LogP contribution in [0.25, 0.3) is 0 Å². The Morgan fingerprint density at radius 2 is 2.42 bits per heavy atom. The third-order valence-electron chi connectivity index (χ3n) is 3.60. The Morgan fingerprint density at radius 1 is 1.63 bits per heavy atom. The van der Waals surface area contributed by atoms with E-state index >= 15 is 0 Å². The largest absolute Gasteiger partial charge is 0.467 e. The van der Waals surface area contributed by atoms with Crippen LogP contribution in [-0.2, 0) is 11.3 Å². The number of carbonyl (C=O) groups excluding carboxylic acids is 1. The molecule has 2 N–H and O–H groups in total. The molecule has 0 spiro atoms. The second-order valence-corrected chi connectivity index (χ2v) is 5.02. The van der Waals surface area contributed by atoms with Crippen LogP contribution in [-0.4, -0.2) is 42.5 Å². The average molecular weight is 265 g/mol. The molecule has 1 atom stereocenters. The Bertz CT molecular complexity index is 387. The van der Waals surface area contributed by atoms with Gasteiger partial charge in [0.15, 0.2) is 0 Å². The van der Waals surface area contributed by atoms with Gasteiger partial charge in [-0.3, -0.25) is 9.69 Å². The van der Waals surface area contributed by atoms with Crippen molar-refractivity contribution in [3.8, 4) is 0 Å². The lowest BCUT2D eigenvalue weighted by molar-refractivity contribution is -0.127. The highest BCUT2D eigenvalue weighted by Gasteiger charge is 2.30. The van der Waals surface area contributed by atoms with Gasteiger partial charge in [-0.25, -0.2) is 0 Å². The summed E-state index contributed by atoms with van der Waals surface area (Å²) in [6.45, 7) is 7.50. The normalized spacial score (nSPS) is 17.2. The zero-order chi connectivity index (χ0) is 13.7. The van der Waals surface area contributed by atoms with Gasteiger partial charge in [0.2, 0.25) is 5.91 Å². The summed E-state index contributed by atoms with van der Waals surface area (Å²) in [5, 5.41) is 6.19. The molecule has 5 nitrogen and oxygen atoms in total. The molecule has 2 heterocycles. The molecule has 1 unspecified atom stereocenters. The van der Waals surface area contributed by atoms with E-state index in [0.717, 1.165) is 31.8 Å². The minimum absolute atomic E-state index is 0.0664. The third kappa shape index (κ3) is 3.58. The van der Waals surface area contributed by atoms with Crippen molar-refractivity contribution in [1.29, 1.82) is 0 Å². The first-order valence-electron chi connectivity index (χ1n) is 6.99. The maximum atomic E-state index is 12.2. The van der Waals surface area contributed by atoms with Crippen molar-refractivity contribution in [2.24, 2.45) is 0 Å². The molecule has 0 saturated carbocycles. The summed E-state index contributed by atoms with van der Waals surface area (Å²) >= 11 is 0. The molecule has 0 bridgehead atoms. The van der Waals surface area contributed by atoms with Gasteiger partial charge < -0.3 is 15.1 Å². The number of amides is 1. The first-order chi connectivity index (χ1) is 9.22. The maximum Gasteiger partial charge on any atom is 0.237 e. The van der Waals surface area contributed by atoms with Crippen molar-refractivity contribution in [3.63, 3.8) is 0 Å². The van der Waals surface area contributed by atoms with E-state index < -0.39 is 0 Å². The molecule has 19 heavy (non-hydrogen) atoms. The van der Waals surface area contributed by atoms with Crippen LogP contribution in [0.1, 0.15) is 26.0 Å². The summed E-state index contributed by atoms with van der Waals surface area (Å²) in [6, 6.07) is 4.09. The molecule has 5 heteroatoms. The topological polar surface area (TPSA) is 57.5 Å². The zero-order valence-corrected chi connectivity index (χ0v) is 11.7. The molecule has 1 aromatic rings. The van der Waals surface area contributed by atoms with E-state index in [4.69, 9.17) is 4.42 Å². The van der Waals surface area contributed by atoms with Gasteiger partial charge in [-0.05, 0) is 32.0 Å². The van der Waals surface area contributed by atoms with Gasteiger partial charge in [0.05, 0.1) is 18.8 Å². The monoisotopic (exact) mass is 265 g/mol. The molecular weight excluding hydrogens is 242 g/mol. The van der Waals surface area contributed by atoms with Crippen molar-refractivity contribution in [2.75, 3.05) is 19.6 Å². The predicted molar refractivity (Wildman–Crippen MR) is 73.7 cm³/mol. The van der Waals surface area contributed by atoms with E-state index in [1.807, 2.05) is 19.1 Å².